The minimum Gasteiger partial charge on any atom is -0.522 e. The average Bonchev–Trinajstić information content (AvgIpc) is 2.69. The largest absolute Gasteiger partial charge is 0.633 e. The highest BCUT2D eigenvalue weighted by atomic mass is 16.6. The van der Waals surface area contributed by atoms with Crippen molar-refractivity contribution in [2.75, 3.05) is 0 Å². The Bertz CT molecular complexity index is 908. The van der Waals surface area contributed by atoms with Crippen molar-refractivity contribution >= 4 is 23.4 Å². The highest BCUT2D eigenvalue weighted by Crippen LogP contribution is 2.17. The van der Waals surface area contributed by atoms with Gasteiger partial charge in [0, 0.05) is 5.46 Å². The van der Waals surface area contributed by atoms with Crippen LogP contribution >= 0.6 is 0 Å². The van der Waals surface area contributed by atoms with Crippen LogP contribution in [0, 0.1) is 0 Å². The number of hydrogen-bond donors (Lipinski definition) is 0. The third kappa shape index (κ3) is 3.51. The van der Waals surface area contributed by atoms with E-state index in [0.717, 1.165) is 22.3 Å². The first-order chi connectivity index (χ1) is 12.4. The Hall–Kier alpha value is -3.20. The highest BCUT2D eigenvalue weighted by molar-refractivity contribution is 6.65. The molecule has 4 rings (SSSR count). The number of hydrogen-bond acceptors (Lipinski definition) is 2. The summed E-state index contributed by atoms with van der Waals surface area (Å²) in [6.07, 6.45) is 0. The van der Waals surface area contributed by atoms with Crippen molar-refractivity contribution in [3.8, 4) is 11.5 Å². The predicted molar refractivity (Wildman–Crippen MR) is 103 cm³/mol. The summed E-state index contributed by atoms with van der Waals surface area (Å²) in [4.78, 5) is 0. The smallest absolute Gasteiger partial charge is 0.522 e. The van der Waals surface area contributed by atoms with Crippen molar-refractivity contribution in [1.82, 2.24) is 0 Å². The molecule has 0 radical (unpaired) electrons. The number of benzene rings is 4. The molecule has 0 aliphatic heterocycles. The maximum atomic E-state index is 6.19. The summed E-state index contributed by atoms with van der Waals surface area (Å²) in [6, 6.07) is 34.0. The molecule has 0 aromatic heterocycles. The van der Waals surface area contributed by atoms with Crippen molar-refractivity contribution in [3.05, 3.63) is 103 Å². The Labute approximate surface area is 147 Å². The molecule has 4 aromatic carbocycles. The quantitative estimate of drug-likeness (QED) is 0.496. The molecule has 0 unspecified atom stereocenters. The van der Waals surface area contributed by atoms with Gasteiger partial charge in [-0.1, -0.05) is 78.9 Å². The van der Waals surface area contributed by atoms with Gasteiger partial charge in [0.15, 0.2) is 0 Å². The van der Waals surface area contributed by atoms with Crippen LogP contribution in [0.2, 0.25) is 0 Å². The lowest BCUT2D eigenvalue weighted by Gasteiger charge is -2.18. The molecule has 25 heavy (non-hydrogen) atoms. The Balaban J connectivity index is 1.76. The van der Waals surface area contributed by atoms with Gasteiger partial charge < -0.3 is 9.31 Å². The zero-order valence-corrected chi connectivity index (χ0v) is 13.7. The Kier molecular flexibility index (Phi) is 4.38. The van der Waals surface area contributed by atoms with Gasteiger partial charge in [0.25, 0.3) is 0 Å². The van der Waals surface area contributed by atoms with E-state index < -0.39 is 7.12 Å². The molecule has 0 N–H and O–H groups in total. The number of para-hydroxylation sites is 2. The summed E-state index contributed by atoms with van der Waals surface area (Å²) in [7, 11) is -0.532. The summed E-state index contributed by atoms with van der Waals surface area (Å²) in [6.45, 7) is 0. The minimum atomic E-state index is -0.532. The second-order valence-corrected chi connectivity index (χ2v) is 5.76. The van der Waals surface area contributed by atoms with Crippen molar-refractivity contribution in [3.63, 3.8) is 0 Å². The first-order valence-corrected chi connectivity index (χ1v) is 8.31. The second kappa shape index (κ2) is 7.14. The standard InChI is InChI=1S/C22H17BO2/c1-3-12-19(13-4-1)24-23(25-20-14-5-2-6-15-20)22-17-9-11-18-10-7-8-16-21(18)22/h1-17H. The van der Waals surface area contributed by atoms with Gasteiger partial charge in [-0.15, -0.1) is 0 Å². The molecule has 0 atom stereocenters. The highest BCUT2D eigenvalue weighted by Gasteiger charge is 2.28. The van der Waals surface area contributed by atoms with Crippen LogP contribution in [-0.4, -0.2) is 7.12 Å². The second-order valence-electron chi connectivity index (χ2n) is 5.76. The van der Waals surface area contributed by atoms with Crippen LogP contribution in [0.25, 0.3) is 10.8 Å². The van der Waals surface area contributed by atoms with Gasteiger partial charge in [0.1, 0.15) is 11.5 Å². The molecule has 0 bridgehead atoms. The van der Waals surface area contributed by atoms with Crippen LogP contribution in [0.1, 0.15) is 0 Å². The zero-order valence-electron chi connectivity index (χ0n) is 13.7. The fourth-order valence-electron chi connectivity index (χ4n) is 2.85. The van der Waals surface area contributed by atoms with Crippen molar-refractivity contribution < 1.29 is 9.31 Å². The molecule has 0 aliphatic carbocycles. The zero-order chi connectivity index (χ0) is 16.9. The molecule has 120 valence electrons. The van der Waals surface area contributed by atoms with E-state index in [0.29, 0.717) is 0 Å². The molecule has 2 nitrogen and oxygen atoms in total. The van der Waals surface area contributed by atoms with Gasteiger partial charge in [0.2, 0.25) is 0 Å². The van der Waals surface area contributed by atoms with Crippen LogP contribution in [0.15, 0.2) is 103 Å². The first-order valence-electron chi connectivity index (χ1n) is 8.31. The summed E-state index contributed by atoms with van der Waals surface area (Å²) < 4.78 is 12.4. The number of rotatable bonds is 5. The van der Waals surface area contributed by atoms with Gasteiger partial charge in [0.05, 0.1) is 0 Å². The normalized spacial score (nSPS) is 10.4. The maximum absolute atomic E-state index is 6.19. The van der Waals surface area contributed by atoms with Crippen molar-refractivity contribution in [1.29, 1.82) is 0 Å². The van der Waals surface area contributed by atoms with Crippen LogP contribution < -0.4 is 14.8 Å². The van der Waals surface area contributed by atoms with Gasteiger partial charge in [-0.05, 0) is 35.0 Å². The lowest BCUT2D eigenvalue weighted by molar-refractivity contribution is 0.439. The molecule has 0 fully saturated rings. The summed E-state index contributed by atoms with van der Waals surface area (Å²) in [5, 5.41) is 2.29. The van der Waals surface area contributed by atoms with Gasteiger partial charge in [-0.3, -0.25) is 0 Å². The molecule has 3 heteroatoms. The molecule has 0 aliphatic rings. The van der Waals surface area contributed by atoms with Crippen molar-refractivity contribution in [2.24, 2.45) is 0 Å². The van der Waals surface area contributed by atoms with Gasteiger partial charge in [-0.2, -0.15) is 0 Å². The van der Waals surface area contributed by atoms with E-state index in [9.17, 15) is 0 Å². The lowest BCUT2D eigenvalue weighted by Crippen LogP contribution is -2.43. The average molecular weight is 324 g/mol. The van der Waals surface area contributed by atoms with E-state index in [1.165, 1.54) is 5.39 Å². The molecular formula is C22H17BO2. The Morgan fingerprint density at radius 3 is 1.64 bits per heavy atom. The summed E-state index contributed by atoms with van der Waals surface area (Å²) >= 11 is 0. The third-order valence-corrected chi connectivity index (χ3v) is 4.05. The third-order valence-electron chi connectivity index (χ3n) is 4.05. The SMILES string of the molecule is c1ccc(OB(Oc2ccccc2)c2cccc3ccccc23)cc1. The van der Waals surface area contributed by atoms with E-state index in [1.807, 2.05) is 78.9 Å². The topological polar surface area (TPSA) is 18.5 Å². The van der Waals surface area contributed by atoms with Crippen LogP contribution in [0.4, 0.5) is 0 Å². The fraction of sp³-hybridized carbons (Fsp3) is 0. The monoisotopic (exact) mass is 324 g/mol. The number of fused-ring (bicyclic) bond motifs is 1. The molecule has 0 amide bonds. The fourth-order valence-corrected chi connectivity index (χ4v) is 2.85. The molecule has 4 aromatic rings. The van der Waals surface area contributed by atoms with E-state index in [1.54, 1.807) is 0 Å². The van der Waals surface area contributed by atoms with E-state index >= 15 is 0 Å². The van der Waals surface area contributed by atoms with Crippen LogP contribution in [0.5, 0.6) is 11.5 Å². The molecular weight excluding hydrogens is 307 g/mol. The Morgan fingerprint density at radius 2 is 1.00 bits per heavy atom. The van der Waals surface area contributed by atoms with Crippen LogP contribution in [0.3, 0.4) is 0 Å². The van der Waals surface area contributed by atoms with E-state index in [-0.39, 0.29) is 0 Å². The molecule has 0 heterocycles. The van der Waals surface area contributed by atoms with E-state index in [2.05, 4.69) is 24.3 Å². The van der Waals surface area contributed by atoms with Crippen molar-refractivity contribution in [2.45, 2.75) is 0 Å². The summed E-state index contributed by atoms with van der Waals surface area (Å²) in [5.74, 6) is 1.55. The molecule has 0 saturated heterocycles. The van der Waals surface area contributed by atoms with Gasteiger partial charge >= 0.3 is 7.12 Å². The van der Waals surface area contributed by atoms with Crippen LogP contribution in [-0.2, 0) is 0 Å². The Morgan fingerprint density at radius 1 is 0.480 bits per heavy atom. The predicted octanol–water partition coefficient (Wildman–Crippen LogP) is 4.69. The molecule has 0 spiro atoms. The first kappa shape index (κ1) is 15.3. The minimum absolute atomic E-state index is 0.532. The lowest BCUT2D eigenvalue weighted by atomic mass is 9.75. The van der Waals surface area contributed by atoms with Gasteiger partial charge in [-0.25, -0.2) is 0 Å². The molecule has 0 saturated carbocycles. The maximum Gasteiger partial charge on any atom is 0.633 e. The van der Waals surface area contributed by atoms with E-state index in [4.69, 9.17) is 9.31 Å². The summed E-state index contributed by atoms with van der Waals surface area (Å²) in [5.41, 5.74) is 1.01.